The number of aromatic nitrogens is 1. The maximum Gasteiger partial charge on any atom is 0.338 e. The number of carbonyl (C=O) groups excluding carboxylic acids is 2. The van der Waals surface area contributed by atoms with E-state index in [-0.39, 0.29) is 17.7 Å². The molecule has 1 atom stereocenters. The topological polar surface area (TPSA) is 109 Å². The van der Waals surface area contributed by atoms with Crippen molar-refractivity contribution < 1.29 is 28.2 Å². The fraction of sp³-hybridized carbons (Fsp3) is 0.200. The van der Waals surface area contributed by atoms with Crippen LogP contribution in [0.25, 0.3) is 17.4 Å². The number of thiazole rings is 1. The van der Waals surface area contributed by atoms with Crippen molar-refractivity contribution in [3.63, 3.8) is 0 Å². The largest absolute Gasteiger partial charge is 0.496 e. The van der Waals surface area contributed by atoms with E-state index in [4.69, 9.17) is 18.6 Å². The summed E-state index contributed by atoms with van der Waals surface area (Å²) in [6.07, 6.45) is 1.62. The summed E-state index contributed by atoms with van der Waals surface area (Å²) in [6, 6.07) is 16.8. The predicted octanol–water partition coefficient (Wildman–Crippen LogP) is 3.85. The zero-order valence-electron chi connectivity index (χ0n) is 22.3. The van der Waals surface area contributed by atoms with Gasteiger partial charge in [0.15, 0.2) is 4.80 Å². The van der Waals surface area contributed by atoms with E-state index in [9.17, 15) is 14.4 Å². The number of benzene rings is 2. The lowest BCUT2D eigenvalue weighted by molar-refractivity contribution is -0.139. The molecule has 0 spiro atoms. The van der Waals surface area contributed by atoms with Gasteiger partial charge in [-0.1, -0.05) is 47.7 Å². The molecule has 40 heavy (non-hydrogen) atoms. The van der Waals surface area contributed by atoms with Gasteiger partial charge in [0.1, 0.15) is 23.3 Å². The number of hydrogen-bond donors (Lipinski definition) is 0. The van der Waals surface area contributed by atoms with Crippen molar-refractivity contribution in [1.29, 1.82) is 0 Å². The molecule has 1 aliphatic rings. The number of methoxy groups -OCH3 is 2. The van der Waals surface area contributed by atoms with Gasteiger partial charge in [0, 0.05) is 17.2 Å². The first kappa shape index (κ1) is 26.9. The van der Waals surface area contributed by atoms with E-state index in [1.165, 1.54) is 30.1 Å². The van der Waals surface area contributed by atoms with Crippen molar-refractivity contribution in [3.8, 4) is 17.1 Å². The summed E-state index contributed by atoms with van der Waals surface area (Å²) >= 11 is 1.18. The molecule has 0 amide bonds. The van der Waals surface area contributed by atoms with Crippen molar-refractivity contribution in [3.05, 3.63) is 109 Å². The van der Waals surface area contributed by atoms with Crippen LogP contribution in [0.4, 0.5) is 0 Å². The molecule has 1 unspecified atom stereocenters. The third kappa shape index (κ3) is 4.77. The van der Waals surface area contributed by atoms with Crippen LogP contribution >= 0.6 is 11.3 Å². The monoisotopic (exact) mass is 558 g/mol. The summed E-state index contributed by atoms with van der Waals surface area (Å²) in [4.78, 5) is 44.2. The van der Waals surface area contributed by atoms with Crippen LogP contribution in [-0.2, 0) is 14.3 Å². The molecule has 10 heteroatoms. The molecule has 0 bridgehead atoms. The molecule has 5 rings (SSSR count). The van der Waals surface area contributed by atoms with Crippen LogP contribution in [0, 0.1) is 0 Å². The van der Waals surface area contributed by atoms with Crippen molar-refractivity contribution in [1.82, 2.24) is 4.57 Å². The Balaban J connectivity index is 1.65. The van der Waals surface area contributed by atoms with Crippen LogP contribution in [0.15, 0.2) is 86.1 Å². The third-order valence-corrected chi connectivity index (χ3v) is 7.43. The molecule has 204 valence electrons. The fourth-order valence-electron chi connectivity index (χ4n) is 4.67. The van der Waals surface area contributed by atoms with Crippen molar-refractivity contribution >= 4 is 29.4 Å². The summed E-state index contributed by atoms with van der Waals surface area (Å²) in [6.45, 7) is 3.63. The molecule has 2 aromatic carbocycles. The van der Waals surface area contributed by atoms with Gasteiger partial charge < -0.3 is 18.6 Å². The van der Waals surface area contributed by atoms with Gasteiger partial charge in [0.05, 0.1) is 42.2 Å². The SMILES string of the molecule is CCOC(=O)C1=C(C)N=c2s/c(=C/c3ccc(-c4ccccc4C(=O)OC)o3)c(=O)n2C1c1ccccc1OC. The number of nitrogens with zero attached hydrogens (tertiary/aromatic N) is 2. The first-order valence-electron chi connectivity index (χ1n) is 12.5. The van der Waals surface area contributed by atoms with Gasteiger partial charge in [-0.3, -0.25) is 9.36 Å². The summed E-state index contributed by atoms with van der Waals surface area (Å²) in [5.41, 5.74) is 1.95. The van der Waals surface area contributed by atoms with E-state index in [0.29, 0.717) is 49.0 Å². The Hall–Kier alpha value is -4.70. The Kier molecular flexibility index (Phi) is 7.52. The summed E-state index contributed by atoms with van der Waals surface area (Å²) in [5, 5.41) is 0. The summed E-state index contributed by atoms with van der Waals surface area (Å²) in [5.74, 6) is 0.362. The highest BCUT2D eigenvalue weighted by Crippen LogP contribution is 2.35. The lowest BCUT2D eigenvalue weighted by Gasteiger charge is -2.25. The minimum atomic E-state index is -0.798. The predicted molar refractivity (Wildman–Crippen MR) is 149 cm³/mol. The van der Waals surface area contributed by atoms with Crippen LogP contribution < -0.4 is 19.6 Å². The first-order chi connectivity index (χ1) is 19.4. The Bertz CT molecular complexity index is 1830. The molecule has 1 aliphatic heterocycles. The van der Waals surface area contributed by atoms with Crippen molar-refractivity contribution in [2.45, 2.75) is 19.9 Å². The zero-order valence-corrected chi connectivity index (χ0v) is 23.1. The van der Waals surface area contributed by atoms with E-state index in [1.54, 1.807) is 62.4 Å². The molecule has 0 aliphatic carbocycles. The quantitative estimate of drug-likeness (QED) is 0.317. The highest BCUT2D eigenvalue weighted by Gasteiger charge is 2.35. The van der Waals surface area contributed by atoms with Crippen LogP contribution in [-0.4, -0.2) is 37.3 Å². The van der Waals surface area contributed by atoms with Gasteiger partial charge in [0.25, 0.3) is 5.56 Å². The minimum absolute atomic E-state index is 0.179. The van der Waals surface area contributed by atoms with E-state index in [2.05, 4.69) is 4.99 Å². The Labute approximate surface area is 233 Å². The number of ether oxygens (including phenoxy) is 3. The second kappa shape index (κ2) is 11.2. The van der Waals surface area contributed by atoms with Crippen LogP contribution in [0.1, 0.15) is 41.6 Å². The number of rotatable bonds is 7. The Morgan fingerprint density at radius 2 is 1.80 bits per heavy atom. The number of fused-ring (bicyclic) bond motifs is 1. The number of esters is 2. The molecule has 0 fully saturated rings. The number of furan rings is 1. The first-order valence-corrected chi connectivity index (χ1v) is 13.3. The highest BCUT2D eigenvalue weighted by molar-refractivity contribution is 7.07. The Morgan fingerprint density at radius 3 is 2.55 bits per heavy atom. The highest BCUT2D eigenvalue weighted by atomic mass is 32.1. The average Bonchev–Trinajstić information content (AvgIpc) is 3.56. The van der Waals surface area contributed by atoms with Gasteiger partial charge in [-0.05, 0) is 38.1 Å². The second-order valence-corrected chi connectivity index (χ2v) is 9.79. The molecule has 0 saturated heterocycles. The molecular weight excluding hydrogens is 532 g/mol. The van der Waals surface area contributed by atoms with Gasteiger partial charge in [-0.2, -0.15) is 0 Å². The van der Waals surface area contributed by atoms with Gasteiger partial charge >= 0.3 is 11.9 Å². The van der Waals surface area contributed by atoms with Crippen LogP contribution in [0.2, 0.25) is 0 Å². The average molecular weight is 559 g/mol. The smallest absolute Gasteiger partial charge is 0.338 e. The number of hydrogen-bond acceptors (Lipinski definition) is 9. The molecular formula is C30H26N2O7S. The molecule has 9 nitrogen and oxygen atoms in total. The Morgan fingerprint density at radius 1 is 1.05 bits per heavy atom. The van der Waals surface area contributed by atoms with Gasteiger partial charge in [-0.25, -0.2) is 14.6 Å². The maximum absolute atomic E-state index is 13.9. The maximum atomic E-state index is 13.9. The van der Waals surface area contributed by atoms with Gasteiger partial charge in [0.2, 0.25) is 0 Å². The number of carbonyl (C=O) groups is 2. The second-order valence-electron chi connectivity index (χ2n) is 8.78. The van der Waals surface area contributed by atoms with Crippen LogP contribution in [0.5, 0.6) is 5.75 Å². The van der Waals surface area contributed by atoms with Crippen molar-refractivity contribution in [2.75, 3.05) is 20.8 Å². The number of allylic oxidation sites excluding steroid dienone is 1. The molecule has 3 heterocycles. The summed E-state index contributed by atoms with van der Waals surface area (Å²) in [7, 11) is 2.86. The molecule has 4 aromatic rings. The molecule has 0 saturated carbocycles. The summed E-state index contributed by atoms with van der Waals surface area (Å²) < 4.78 is 23.7. The lowest BCUT2D eigenvalue weighted by Crippen LogP contribution is -2.40. The van der Waals surface area contributed by atoms with Gasteiger partial charge in [-0.15, -0.1) is 0 Å². The van der Waals surface area contributed by atoms with E-state index >= 15 is 0 Å². The van der Waals surface area contributed by atoms with E-state index < -0.39 is 18.0 Å². The van der Waals surface area contributed by atoms with Crippen LogP contribution in [0.3, 0.4) is 0 Å². The lowest BCUT2D eigenvalue weighted by atomic mass is 9.95. The molecule has 0 radical (unpaired) electrons. The van der Waals surface area contributed by atoms with E-state index in [1.807, 2.05) is 18.2 Å². The molecule has 0 N–H and O–H groups in total. The fourth-order valence-corrected chi connectivity index (χ4v) is 5.70. The number of para-hydroxylation sites is 1. The normalized spacial score (nSPS) is 14.9. The zero-order chi connectivity index (χ0) is 28.4. The van der Waals surface area contributed by atoms with Crippen molar-refractivity contribution in [2.24, 2.45) is 4.99 Å². The minimum Gasteiger partial charge on any atom is -0.496 e. The standard InChI is InChI=1S/C30H26N2O7S/c1-5-38-29(35)25-17(2)31-30-32(26(25)21-12-8-9-13-22(21)36-3)27(33)24(40-30)16-18-14-15-23(39-18)19-10-6-7-11-20(19)28(34)37-4/h6-16,26H,5H2,1-4H3/b24-16+. The molecule has 2 aromatic heterocycles. The third-order valence-electron chi connectivity index (χ3n) is 6.45. The van der Waals surface area contributed by atoms with E-state index in [0.717, 1.165) is 0 Å².